The van der Waals surface area contributed by atoms with Gasteiger partial charge < -0.3 is 30.9 Å². The monoisotopic (exact) mass is 560 g/mol. The first kappa shape index (κ1) is 27.0. The van der Waals surface area contributed by atoms with E-state index >= 15 is 0 Å². The second-order valence-electron chi connectivity index (χ2n) is 11.4. The van der Waals surface area contributed by atoms with Gasteiger partial charge in [-0.05, 0) is 79.6 Å². The highest BCUT2D eigenvalue weighted by molar-refractivity contribution is 6.22. The minimum Gasteiger partial charge on any atom is -0.508 e. The van der Waals surface area contributed by atoms with Gasteiger partial charge >= 0.3 is 0 Å². The van der Waals surface area contributed by atoms with Crippen LogP contribution in [-0.4, -0.2) is 68.6 Å². The Morgan fingerprint density at radius 2 is 1.80 bits per heavy atom. The molecule has 1 saturated heterocycles. The zero-order chi connectivity index (χ0) is 29.2. The van der Waals surface area contributed by atoms with Crippen LogP contribution in [0.2, 0.25) is 0 Å². The fourth-order valence-electron chi connectivity index (χ4n) is 7.14. The van der Waals surface area contributed by atoms with E-state index in [1.54, 1.807) is 13.2 Å². The number of methoxy groups -OCH3 is 1. The van der Waals surface area contributed by atoms with Crippen molar-refractivity contribution in [2.75, 3.05) is 20.2 Å². The van der Waals surface area contributed by atoms with Crippen LogP contribution >= 0.6 is 0 Å². The van der Waals surface area contributed by atoms with Gasteiger partial charge in [0.25, 0.3) is 5.91 Å². The molecule has 1 aliphatic heterocycles. The summed E-state index contributed by atoms with van der Waals surface area (Å²) < 4.78 is 5.69. The molecule has 2 fully saturated rings. The van der Waals surface area contributed by atoms with E-state index in [0.29, 0.717) is 11.3 Å². The Bertz CT molecular complexity index is 1570. The number of Topliss-reactive ketones (excluding diaryl/α,β-unsaturated/α-hetero) is 2. The Balaban J connectivity index is 1.48. The van der Waals surface area contributed by atoms with E-state index in [9.17, 15) is 34.8 Å². The van der Waals surface area contributed by atoms with Crippen molar-refractivity contribution in [1.29, 1.82) is 0 Å². The summed E-state index contributed by atoms with van der Waals surface area (Å²) >= 11 is 0. The van der Waals surface area contributed by atoms with Crippen molar-refractivity contribution >= 4 is 23.2 Å². The van der Waals surface area contributed by atoms with Crippen LogP contribution < -0.4 is 10.5 Å². The molecule has 3 unspecified atom stereocenters. The average Bonchev–Trinajstić information content (AvgIpc) is 3.44. The number of benzene rings is 2. The first-order valence-electron chi connectivity index (χ1n) is 13.8. The van der Waals surface area contributed by atoms with Crippen LogP contribution in [0.3, 0.4) is 0 Å². The molecule has 6 rings (SSSR count). The maximum Gasteiger partial charge on any atom is 0.255 e. The number of aliphatic hydroxyl groups is 3. The van der Waals surface area contributed by atoms with Gasteiger partial charge in [0.05, 0.1) is 12.7 Å². The summed E-state index contributed by atoms with van der Waals surface area (Å²) in [5.74, 6) is -5.88. The minimum absolute atomic E-state index is 0.0571. The van der Waals surface area contributed by atoms with E-state index in [0.717, 1.165) is 36.3 Å². The number of ketones is 2. The van der Waals surface area contributed by atoms with Crippen molar-refractivity contribution in [3.63, 3.8) is 0 Å². The van der Waals surface area contributed by atoms with Gasteiger partial charge in [-0.15, -0.1) is 0 Å². The highest BCUT2D eigenvalue weighted by Gasteiger charge is 2.60. The summed E-state index contributed by atoms with van der Waals surface area (Å²) in [6.45, 7) is 2.85. The third-order valence-corrected chi connectivity index (χ3v) is 9.11. The summed E-state index contributed by atoms with van der Waals surface area (Å²) in [4.78, 5) is 40.6. The number of aliphatic hydroxyl groups excluding tert-OH is 2. The largest absolute Gasteiger partial charge is 0.508 e. The van der Waals surface area contributed by atoms with Gasteiger partial charge in [0, 0.05) is 30.0 Å². The summed E-state index contributed by atoms with van der Waals surface area (Å²) in [5, 5.41) is 44.5. The standard InChI is InChI=1S/C31H32N2O8/c1-41-23-7-4-15(14-33-8-2-3-9-33)10-19(23)18-5-6-21(34)25-20(18)12-16-11-17-13-22(35)26(30(32)39)29(38)31(17,40)28(37)24(16)27(25)36/h4-7,10,16-17,34,36,38,40H,2-3,8-9,11-14H2,1H3,(H2,32,39). The van der Waals surface area contributed by atoms with Crippen molar-refractivity contribution in [2.45, 2.75) is 44.2 Å². The van der Waals surface area contributed by atoms with E-state index in [2.05, 4.69) is 4.90 Å². The molecule has 10 nitrogen and oxygen atoms in total. The molecule has 0 bridgehead atoms. The van der Waals surface area contributed by atoms with Crippen LogP contribution in [0.4, 0.5) is 0 Å². The predicted octanol–water partition coefficient (Wildman–Crippen LogP) is 2.70. The molecule has 0 spiro atoms. The molecule has 0 radical (unpaired) electrons. The van der Waals surface area contributed by atoms with Crippen LogP contribution in [-0.2, 0) is 27.3 Å². The van der Waals surface area contributed by atoms with Crippen LogP contribution in [0.5, 0.6) is 11.5 Å². The molecule has 1 saturated carbocycles. The van der Waals surface area contributed by atoms with Gasteiger partial charge in [-0.1, -0.05) is 12.1 Å². The molecular weight excluding hydrogens is 528 g/mol. The predicted molar refractivity (Wildman–Crippen MR) is 148 cm³/mol. The molecule has 4 aliphatic rings. The zero-order valence-electron chi connectivity index (χ0n) is 22.6. The van der Waals surface area contributed by atoms with Gasteiger partial charge in [0.2, 0.25) is 5.78 Å². The van der Waals surface area contributed by atoms with Crippen LogP contribution in [0.15, 0.2) is 47.2 Å². The normalized spacial score (nSPS) is 26.1. The number of nitrogens with zero attached hydrogens (tertiary/aromatic N) is 1. The van der Waals surface area contributed by atoms with Gasteiger partial charge in [0.15, 0.2) is 11.4 Å². The number of nitrogens with two attached hydrogens (primary N) is 1. The molecule has 1 heterocycles. The Labute approximate surface area is 236 Å². The summed E-state index contributed by atoms with van der Waals surface area (Å²) in [6.07, 6.45) is 2.27. The smallest absolute Gasteiger partial charge is 0.255 e. The molecule has 2 aromatic carbocycles. The second kappa shape index (κ2) is 9.74. The van der Waals surface area contributed by atoms with Crippen molar-refractivity contribution in [1.82, 2.24) is 4.90 Å². The number of carbonyl (C=O) groups is 3. The van der Waals surface area contributed by atoms with Crippen LogP contribution in [0.25, 0.3) is 16.9 Å². The number of phenolic OH excluding ortho intramolecular Hbond substituents is 1. The van der Waals surface area contributed by atoms with Crippen molar-refractivity contribution in [3.05, 3.63) is 63.9 Å². The fourth-order valence-corrected chi connectivity index (χ4v) is 7.14. The van der Waals surface area contributed by atoms with Crippen LogP contribution in [0, 0.1) is 11.8 Å². The van der Waals surface area contributed by atoms with Gasteiger partial charge in [0.1, 0.15) is 28.6 Å². The lowest BCUT2D eigenvalue weighted by Crippen LogP contribution is -2.58. The topological polar surface area (TPSA) is 171 Å². The SMILES string of the molecule is COc1ccc(CN2CCCC2)cc1-c1ccc(O)c2c1CC1CC3CC(=O)C(C(N)=O)=C(O)C3(O)C(=O)C1=C2O. The number of fused-ring (bicyclic) bond motifs is 3. The molecular formula is C31H32N2O8. The maximum atomic E-state index is 13.8. The van der Waals surface area contributed by atoms with Crippen molar-refractivity contribution in [2.24, 2.45) is 17.6 Å². The molecule has 6 N–H and O–H groups in total. The summed E-state index contributed by atoms with van der Waals surface area (Å²) in [6, 6.07) is 9.14. The molecule has 10 heteroatoms. The van der Waals surface area contributed by atoms with Gasteiger partial charge in [-0.3, -0.25) is 19.3 Å². The molecule has 214 valence electrons. The second-order valence-corrected chi connectivity index (χ2v) is 11.4. The van der Waals surface area contributed by atoms with Crippen LogP contribution in [0.1, 0.15) is 42.4 Å². The lowest BCUT2D eigenvalue weighted by atomic mass is 9.59. The molecule has 3 aliphatic carbocycles. The maximum absolute atomic E-state index is 13.8. The van der Waals surface area contributed by atoms with Crippen molar-refractivity contribution < 1.29 is 39.5 Å². The Morgan fingerprint density at radius 1 is 1.07 bits per heavy atom. The van der Waals surface area contributed by atoms with E-state index in [1.807, 2.05) is 18.2 Å². The zero-order valence-corrected chi connectivity index (χ0v) is 22.6. The number of hydrogen-bond acceptors (Lipinski definition) is 9. The van der Waals surface area contributed by atoms with E-state index in [-0.39, 0.29) is 36.1 Å². The number of aromatic hydroxyl groups is 1. The van der Waals surface area contributed by atoms with E-state index < -0.39 is 52.0 Å². The number of hydrogen-bond donors (Lipinski definition) is 5. The number of rotatable bonds is 5. The van der Waals surface area contributed by atoms with E-state index in [1.165, 1.54) is 18.9 Å². The van der Waals surface area contributed by atoms with Gasteiger partial charge in [-0.2, -0.15) is 0 Å². The molecule has 3 atom stereocenters. The lowest BCUT2D eigenvalue weighted by Gasteiger charge is -2.46. The highest BCUT2D eigenvalue weighted by Crippen LogP contribution is 2.53. The Kier molecular flexibility index (Phi) is 6.43. The minimum atomic E-state index is -2.59. The summed E-state index contributed by atoms with van der Waals surface area (Å²) in [7, 11) is 1.57. The third-order valence-electron chi connectivity index (χ3n) is 9.11. The molecule has 1 amide bonds. The number of carbonyl (C=O) groups excluding carboxylic acids is 3. The summed E-state index contributed by atoms with van der Waals surface area (Å²) in [5.41, 5.74) is 4.94. The number of ether oxygens (including phenoxy) is 1. The highest BCUT2D eigenvalue weighted by atomic mass is 16.5. The average molecular weight is 561 g/mol. The number of amides is 1. The Hall–Kier alpha value is -4.15. The van der Waals surface area contributed by atoms with Gasteiger partial charge in [-0.25, -0.2) is 0 Å². The van der Waals surface area contributed by atoms with Crippen molar-refractivity contribution in [3.8, 4) is 22.6 Å². The number of likely N-dealkylation sites (tertiary alicyclic amines) is 1. The third kappa shape index (κ3) is 4.04. The number of primary amides is 1. The molecule has 2 aromatic rings. The number of phenols is 1. The molecule has 41 heavy (non-hydrogen) atoms. The fraction of sp³-hybridized carbons (Fsp3) is 0.387. The quantitative estimate of drug-likeness (QED) is 0.345. The Morgan fingerprint density at radius 3 is 2.49 bits per heavy atom. The first-order chi connectivity index (χ1) is 19.6. The lowest BCUT2D eigenvalue weighted by molar-refractivity contribution is -0.147. The first-order valence-corrected chi connectivity index (χ1v) is 13.8. The van der Waals surface area contributed by atoms with E-state index in [4.69, 9.17) is 10.5 Å². The molecule has 0 aromatic heterocycles.